The van der Waals surface area contributed by atoms with Gasteiger partial charge in [0, 0.05) is 0 Å². The third-order valence-corrected chi connectivity index (χ3v) is 2.80. The van der Waals surface area contributed by atoms with Crippen LogP contribution in [0.15, 0.2) is 53.1 Å². The molecule has 0 spiro atoms. The summed E-state index contributed by atoms with van der Waals surface area (Å²) in [5.74, 6) is 0. The van der Waals surface area contributed by atoms with Gasteiger partial charge in [-0.25, -0.2) is 0 Å². The van der Waals surface area contributed by atoms with Gasteiger partial charge in [-0.05, 0) is 31.2 Å². The number of aryl methyl sites for hydroxylation is 1. The molecule has 0 aliphatic rings. The molecule has 1 aromatic heterocycles. The Bertz CT molecular complexity index is 671. The number of nitrogens with zero attached hydrogens (tertiary/aromatic N) is 1. The van der Waals surface area contributed by atoms with E-state index in [-0.39, 0.29) is 0 Å². The molecule has 0 aliphatic carbocycles. The molecule has 0 N–H and O–H groups in total. The lowest BCUT2D eigenvalue weighted by Gasteiger charge is -1.94. The van der Waals surface area contributed by atoms with Crippen molar-refractivity contribution in [2.45, 2.75) is 6.92 Å². The summed E-state index contributed by atoms with van der Waals surface area (Å²) >= 11 is 0. The Kier molecular flexibility index (Phi) is 2.11. The van der Waals surface area contributed by atoms with Gasteiger partial charge in [-0.1, -0.05) is 29.8 Å². The first-order chi connectivity index (χ1) is 8.25. The van der Waals surface area contributed by atoms with Gasteiger partial charge in [0.1, 0.15) is 0 Å². The molecular weight excluding hydrogens is 214 g/mol. The highest BCUT2D eigenvalue weighted by atomic mass is 16.7. The van der Waals surface area contributed by atoms with Crippen molar-refractivity contribution in [1.82, 2.24) is 0 Å². The lowest BCUT2D eigenvalue weighted by atomic mass is 10.1. The van der Waals surface area contributed by atoms with E-state index in [2.05, 4.69) is 0 Å². The molecule has 0 bridgehead atoms. The Balaban J connectivity index is 2.35. The fourth-order valence-corrected chi connectivity index (χ4v) is 2.00. The molecule has 0 aliphatic heterocycles. The zero-order chi connectivity index (χ0) is 11.8. The van der Waals surface area contributed by atoms with Gasteiger partial charge in [0.05, 0.1) is 21.4 Å². The summed E-state index contributed by atoms with van der Waals surface area (Å²) in [4.78, 5) is 0.583. The molecule has 0 saturated carbocycles. The average Bonchev–Trinajstić information content (AvgIpc) is 2.65. The third kappa shape index (κ3) is 1.56. The SMILES string of the molecule is Cc1ccc2o[n+]([O-])c(-c3ccccc3)c2c1. The summed E-state index contributed by atoms with van der Waals surface area (Å²) in [6.45, 7) is 2.00. The Hall–Kier alpha value is -2.29. The normalized spacial score (nSPS) is 10.9. The van der Waals surface area contributed by atoms with E-state index in [9.17, 15) is 5.21 Å². The maximum atomic E-state index is 11.8. The van der Waals surface area contributed by atoms with Crippen molar-refractivity contribution in [3.05, 3.63) is 59.3 Å². The summed E-state index contributed by atoms with van der Waals surface area (Å²) in [5, 5.41) is 12.7. The molecule has 84 valence electrons. The molecule has 0 fully saturated rings. The van der Waals surface area contributed by atoms with Crippen LogP contribution in [-0.4, -0.2) is 0 Å². The van der Waals surface area contributed by atoms with E-state index in [1.807, 2.05) is 55.5 Å². The smallest absolute Gasteiger partial charge is 0.284 e. The summed E-state index contributed by atoms with van der Waals surface area (Å²) < 4.78 is 5.17. The van der Waals surface area contributed by atoms with Gasteiger partial charge in [-0.2, -0.15) is 0 Å². The highest BCUT2D eigenvalue weighted by Crippen LogP contribution is 2.26. The van der Waals surface area contributed by atoms with Crippen molar-refractivity contribution in [3.63, 3.8) is 0 Å². The van der Waals surface area contributed by atoms with Crippen molar-refractivity contribution in [1.29, 1.82) is 0 Å². The standard InChI is InChI=1S/C14H11NO2/c1-10-7-8-13-12(9-10)14(15(16)17-13)11-5-3-2-4-6-11/h2-9H,1H3. The first-order valence-corrected chi connectivity index (χ1v) is 5.44. The minimum atomic E-state index is 0.573. The first kappa shape index (κ1) is 9.90. The summed E-state index contributed by atoms with van der Waals surface area (Å²) in [6.07, 6.45) is 0. The Labute approximate surface area is 98.5 Å². The monoisotopic (exact) mass is 225 g/mol. The molecule has 0 saturated heterocycles. The summed E-state index contributed by atoms with van der Waals surface area (Å²) in [6, 6.07) is 15.3. The fourth-order valence-electron chi connectivity index (χ4n) is 2.00. The minimum absolute atomic E-state index is 0.573. The van der Waals surface area contributed by atoms with Gasteiger partial charge in [-0.3, -0.25) is 5.21 Å². The molecule has 0 amide bonds. The molecular formula is C14H11NO2. The van der Waals surface area contributed by atoms with Gasteiger partial charge < -0.3 is 4.52 Å². The second-order valence-electron chi connectivity index (χ2n) is 4.06. The molecule has 0 radical (unpaired) electrons. The lowest BCUT2D eigenvalue weighted by Crippen LogP contribution is -2.24. The molecule has 17 heavy (non-hydrogen) atoms. The van der Waals surface area contributed by atoms with Crippen LogP contribution in [0.3, 0.4) is 0 Å². The molecule has 3 rings (SSSR count). The van der Waals surface area contributed by atoms with Gasteiger partial charge in [-0.15, -0.1) is 0 Å². The molecule has 0 unspecified atom stereocenters. The van der Waals surface area contributed by atoms with Crippen LogP contribution in [0.4, 0.5) is 0 Å². The largest absolute Gasteiger partial charge is 0.366 e. The molecule has 3 nitrogen and oxygen atoms in total. The van der Waals surface area contributed by atoms with Crippen molar-refractivity contribution in [2.24, 2.45) is 0 Å². The second kappa shape index (κ2) is 3.63. The lowest BCUT2D eigenvalue weighted by molar-refractivity contribution is -0.779. The number of fused-ring (bicyclic) bond motifs is 1. The molecule has 2 aromatic carbocycles. The number of hydrogen-bond acceptors (Lipinski definition) is 2. The van der Waals surface area contributed by atoms with Crippen molar-refractivity contribution >= 4 is 11.0 Å². The van der Waals surface area contributed by atoms with Crippen LogP contribution < -0.4 is 4.90 Å². The summed E-state index contributed by atoms with van der Waals surface area (Å²) in [7, 11) is 0. The van der Waals surface area contributed by atoms with E-state index in [4.69, 9.17) is 4.52 Å². The number of rotatable bonds is 1. The van der Waals surface area contributed by atoms with Crippen LogP contribution in [0.25, 0.3) is 22.2 Å². The summed E-state index contributed by atoms with van der Waals surface area (Å²) in [5.41, 5.74) is 3.16. The quantitative estimate of drug-likeness (QED) is 0.597. The number of benzene rings is 2. The highest BCUT2D eigenvalue weighted by Gasteiger charge is 2.18. The Morgan fingerprint density at radius 2 is 1.82 bits per heavy atom. The molecule has 1 heterocycles. The minimum Gasteiger partial charge on any atom is -0.366 e. The van der Waals surface area contributed by atoms with Crippen LogP contribution in [0.2, 0.25) is 0 Å². The van der Waals surface area contributed by atoms with E-state index < -0.39 is 0 Å². The van der Waals surface area contributed by atoms with Gasteiger partial charge in [0.2, 0.25) is 0 Å². The molecule has 3 aromatic rings. The van der Waals surface area contributed by atoms with Crippen LogP contribution in [0.1, 0.15) is 5.56 Å². The maximum Gasteiger partial charge on any atom is 0.284 e. The van der Waals surface area contributed by atoms with Crippen molar-refractivity contribution in [3.8, 4) is 11.3 Å². The average molecular weight is 225 g/mol. The van der Waals surface area contributed by atoms with Gasteiger partial charge in [0.15, 0.2) is 0 Å². The first-order valence-electron chi connectivity index (χ1n) is 5.44. The predicted octanol–water partition coefficient (Wildman–Crippen LogP) is 3.04. The molecule has 3 heteroatoms. The maximum absolute atomic E-state index is 11.8. The zero-order valence-corrected chi connectivity index (χ0v) is 9.38. The van der Waals surface area contributed by atoms with Crippen LogP contribution in [-0.2, 0) is 0 Å². The number of aromatic nitrogens is 1. The number of hydrogen-bond donors (Lipinski definition) is 0. The van der Waals surface area contributed by atoms with E-state index >= 15 is 0 Å². The highest BCUT2D eigenvalue weighted by molar-refractivity contribution is 5.90. The predicted molar refractivity (Wildman–Crippen MR) is 65.3 cm³/mol. The van der Waals surface area contributed by atoms with E-state index in [0.29, 0.717) is 16.2 Å². The van der Waals surface area contributed by atoms with Gasteiger partial charge in [0.25, 0.3) is 5.69 Å². The fraction of sp³-hybridized carbons (Fsp3) is 0.0714. The van der Waals surface area contributed by atoms with E-state index in [0.717, 1.165) is 16.5 Å². The zero-order valence-electron chi connectivity index (χ0n) is 9.38. The Morgan fingerprint density at radius 3 is 2.59 bits per heavy atom. The van der Waals surface area contributed by atoms with Crippen LogP contribution in [0, 0.1) is 12.1 Å². The van der Waals surface area contributed by atoms with Crippen LogP contribution >= 0.6 is 0 Å². The van der Waals surface area contributed by atoms with Crippen molar-refractivity contribution in [2.75, 3.05) is 0 Å². The van der Waals surface area contributed by atoms with Gasteiger partial charge >= 0.3 is 0 Å². The topological polar surface area (TPSA) is 40.1 Å². The second-order valence-corrected chi connectivity index (χ2v) is 4.06. The Morgan fingerprint density at radius 1 is 1.06 bits per heavy atom. The third-order valence-electron chi connectivity index (χ3n) is 2.80. The van der Waals surface area contributed by atoms with Crippen molar-refractivity contribution < 1.29 is 9.43 Å². The van der Waals surface area contributed by atoms with Crippen LogP contribution in [0.5, 0.6) is 0 Å². The van der Waals surface area contributed by atoms with E-state index in [1.165, 1.54) is 0 Å². The molecule has 0 atom stereocenters. The van der Waals surface area contributed by atoms with E-state index in [1.54, 1.807) is 0 Å².